The predicted octanol–water partition coefficient (Wildman–Crippen LogP) is 1.89. The third-order valence-electron chi connectivity index (χ3n) is 4.54. The second-order valence-corrected chi connectivity index (χ2v) is 7.76. The van der Waals surface area contributed by atoms with Crippen molar-refractivity contribution in [2.75, 3.05) is 20.0 Å². The maximum atomic E-state index is 12.0. The van der Waals surface area contributed by atoms with Gasteiger partial charge in [-0.1, -0.05) is 0 Å². The van der Waals surface area contributed by atoms with Gasteiger partial charge in [0.2, 0.25) is 10.0 Å². The minimum Gasteiger partial charge on any atom is -0.497 e. The van der Waals surface area contributed by atoms with Crippen molar-refractivity contribution in [2.24, 2.45) is 5.92 Å². The van der Waals surface area contributed by atoms with E-state index in [0.717, 1.165) is 30.8 Å². The Hall–Kier alpha value is -1.27. The van der Waals surface area contributed by atoms with Crippen molar-refractivity contribution in [3.05, 3.63) is 24.3 Å². The molecule has 6 heteroatoms. The summed E-state index contributed by atoms with van der Waals surface area (Å²) in [6.07, 6.45) is 4.36. The Morgan fingerprint density at radius 1 is 1.19 bits per heavy atom. The van der Waals surface area contributed by atoms with E-state index in [2.05, 4.69) is 0 Å². The summed E-state index contributed by atoms with van der Waals surface area (Å²) in [7, 11) is -1.54. The van der Waals surface area contributed by atoms with E-state index in [4.69, 9.17) is 9.47 Å². The summed E-state index contributed by atoms with van der Waals surface area (Å²) in [6, 6.07) is 7.51. The molecule has 0 unspecified atom stereocenters. The average molecular weight is 311 g/mol. The molecule has 1 aromatic carbocycles. The van der Waals surface area contributed by atoms with Gasteiger partial charge in [-0.2, -0.15) is 4.31 Å². The Balaban J connectivity index is 1.68. The highest BCUT2D eigenvalue weighted by Crippen LogP contribution is 2.43. The van der Waals surface area contributed by atoms with Gasteiger partial charge >= 0.3 is 0 Å². The number of methoxy groups -OCH3 is 1. The summed E-state index contributed by atoms with van der Waals surface area (Å²) < 4.78 is 36.5. The molecule has 1 aliphatic heterocycles. The van der Waals surface area contributed by atoms with Crippen molar-refractivity contribution >= 4 is 10.0 Å². The van der Waals surface area contributed by atoms with Gasteiger partial charge in [-0.05, 0) is 49.4 Å². The van der Waals surface area contributed by atoms with Crippen LogP contribution in [0.1, 0.15) is 19.3 Å². The number of hydrogen-bond donors (Lipinski definition) is 0. The first kappa shape index (κ1) is 14.7. The van der Waals surface area contributed by atoms with Crippen molar-refractivity contribution in [2.45, 2.75) is 31.3 Å². The van der Waals surface area contributed by atoms with Crippen LogP contribution in [0.25, 0.3) is 0 Å². The molecule has 5 nitrogen and oxygen atoms in total. The number of benzene rings is 1. The molecule has 1 heterocycles. The molecule has 0 spiro atoms. The molecule has 1 aliphatic carbocycles. The Bertz CT molecular complexity index is 599. The topological polar surface area (TPSA) is 55.8 Å². The second-order valence-electron chi connectivity index (χ2n) is 5.87. The molecule has 3 atom stereocenters. The van der Waals surface area contributed by atoms with E-state index in [1.807, 2.05) is 24.3 Å². The summed E-state index contributed by atoms with van der Waals surface area (Å²) in [5.41, 5.74) is 0. The van der Waals surface area contributed by atoms with Crippen molar-refractivity contribution in [1.29, 1.82) is 0 Å². The number of piperidine rings is 1. The Morgan fingerprint density at radius 2 is 1.86 bits per heavy atom. The van der Waals surface area contributed by atoms with Crippen molar-refractivity contribution in [1.82, 2.24) is 4.31 Å². The van der Waals surface area contributed by atoms with Crippen LogP contribution >= 0.6 is 0 Å². The van der Waals surface area contributed by atoms with E-state index < -0.39 is 10.0 Å². The third-order valence-corrected chi connectivity index (χ3v) is 5.87. The zero-order valence-electron chi connectivity index (χ0n) is 12.4. The molecule has 0 radical (unpaired) electrons. The number of rotatable bonds is 5. The molecule has 21 heavy (non-hydrogen) atoms. The fraction of sp³-hybridized carbons (Fsp3) is 0.600. The number of sulfonamides is 1. The standard InChI is InChI=1S/C15H21NO4S/c1-19-13-5-7-14(8-6-13)20-10-15-11-3-4-12(9-11)16(15)21(2,17)18/h5-8,11-12,15H,3-4,9-10H2,1-2H3/t11-,12+,15-/m0/s1. The monoisotopic (exact) mass is 311 g/mol. The number of ether oxygens (including phenoxy) is 2. The molecule has 1 aromatic rings. The first-order valence-corrected chi connectivity index (χ1v) is 9.09. The second kappa shape index (κ2) is 5.50. The number of fused-ring (bicyclic) bond motifs is 2. The molecule has 2 bridgehead atoms. The molecule has 1 saturated carbocycles. The Labute approximate surface area is 125 Å². The van der Waals surface area contributed by atoms with Crippen molar-refractivity contribution in [3.8, 4) is 11.5 Å². The van der Waals surface area contributed by atoms with Crippen LogP contribution in [0.15, 0.2) is 24.3 Å². The molecule has 3 rings (SSSR count). The minimum atomic E-state index is -3.16. The lowest BCUT2D eigenvalue weighted by molar-refractivity contribution is 0.163. The molecule has 116 valence electrons. The van der Waals surface area contributed by atoms with Crippen LogP contribution in [-0.2, 0) is 10.0 Å². The molecule has 1 saturated heterocycles. The number of nitrogens with zero attached hydrogens (tertiary/aromatic N) is 1. The van der Waals surface area contributed by atoms with E-state index in [0.29, 0.717) is 12.5 Å². The minimum absolute atomic E-state index is 0.0270. The molecule has 0 amide bonds. The molecular weight excluding hydrogens is 290 g/mol. The summed E-state index contributed by atoms with van der Waals surface area (Å²) in [5, 5.41) is 0. The van der Waals surface area contributed by atoms with E-state index >= 15 is 0 Å². The summed E-state index contributed by atoms with van der Waals surface area (Å²) in [4.78, 5) is 0. The van der Waals surface area contributed by atoms with E-state index in [9.17, 15) is 8.42 Å². The quantitative estimate of drug-likeness (QED) is 0.833. The molecule has 2 fully saturated rings. The molecule has 0 aromatic heterocycles. The summed E-state index contributed by atoms with van der Waals surface area (Å²) in [6.45, 7) is 0.417. The van der Waals surface area contributed by atoms with Crippen LogP contribution in [0, 0.1) is 5.92 Å². The van der Waals surface area contributed by atoms with Crippen LogP contribution in [0.5, 0.6) is 11.5 Å². The summed E-state index contributed by atoms with van der Waals surface area (Å²) in [5.74, 6) is 1.95. The van der Waals surface area contributed by atoms with E-state index in [1.54, 1.807) is 11.4 Å². The molecular formula is C15H21NO4S. The molecule has 0 N–H and O–H groups in total. The fourth-order valence-electron chi connectivity index (χ4n) is 3.63. The fourth-order valence-corrected chi connectivity index (χ4v) is 5.09. The van der Waals surface area contributed by atoms with Gasteiger partial charge in [0.15, 0.2) is 0 Å². The first-order chi connectivity index (χ1) is 9.99. The van der Waals surface area contributed by atoms with Gasteiger partial charge in [0.25, 0.3) is 0 Å². The Morgan fingerprint density at radius 3 is 2.48 bits per heavy atom. The van der Waals surface area contributed by atoms with Crippen LogP contribution in [-0.4, -0.2) is 44.8 Å². The van der Waals surface area contributed by atoms with Gasteiger partial charge in [-0.3, -0.25) is 0 Å². The van der Waals surface area contributed by atoms with Crippen molar-refractivity contribution in [3.63, 3.8) is 0 Å². The summed E-state index contributed by atoms with van der Waals surface area (Å²) >= 11 is 0. The first-order valence-electron chi connectivity index (χ1n) is 7.24. The Kier molecular flexibility index (Phi) is 3.84. The van der Waals surface area contributed by atoms with Gasteiger partial charge in [0.1, 0.15) is 18.1 Å². The van der Waals surface area contributed by atoms with Gasteiger partial charge < -0.3 is 9.47 Å². The maximum absolute atomic E-state index is 12.0. The lowest BCUT2D eigenvalue weighted by atomic mass is 10.0. The zero-order chi connectivity index (χ0) is 15.0. The highest BCUT2D eigenvalue weighted by molar-refractivity contribution is 7.88. The van der Waals surface area contributed by atoms with Crippen LogP contribution in [0.3, 0.4) is 0 Å². The maximum Gasteiger partial charge on any atom is 0.211 e. The number of hydrogen-bond acceptors (Lipinski definition) is 4. The van der Waals surface area contributed by atoms with Crippen molar-refractivity contribution < 1.29 is 17.9 Å². The van der Waals surface area contributed by atoms with Crippen LogP contribution in [0.4, 0.5) is 0 Å². The smallest absolute Gasteiger partial charge is 0.211 e. The van der Waals surface area contributed by atoms with Crippen LogP contribution < -0.4 is 9.47 Å². The highest BCUT2D eigenvalue weighted by atomic mass is 32.2. The van der Waals surface area contributed by atoms with Gasteiger partial charge in [-0.15, -0.1) is 0 Å². The average Bonchev–Trinajstić information content (AvgIpc) is 3.05. The lowest BCUT2D eigenvalue weighted by Gasteiger charge is -2.33. The van der Waals surface area contributed by atoms with E-state index in [1.165, 1.54) is 6.26 Å². The van der Waals surface area contributed by atoms with Gasteiger partial charge in [0, 0.05) is 6.04 Å². The highest BCUT2D eigenvalue weighted by Gasteiger charge is 2.50. The normalized spacial score (nSPS) is 28.8. The SMILES string of the molecule is COc1ccc(OC[C@H]2[C@H]3CC[C@H](C3)N2S(C)(=O)=O)cc1. The predicted molar refractivity (Wildman–Crippen MR) is 80.1 cm³/mol. The van der Waals surface area contributed by atoms with Gasteiger partial charge in [0.05, 0.1) is 19.4 Å². The molecule has 2 aliphatic rings. The zero-order valence-corrected chi connectivity index (χ0v) is 13.2. The lowest BCUT2D eigenvalue weighted by Crippen LogP contribution is -2.47. The largest absolute Gasteiger partial charge is 0.497 e. The van der Waals surface area contributed by atoms with Crippen LogP contribution in [0.2, 0.25) is 0 Å². The van der Waals surface area contributed by atoms with E-state index in [-0.39, 0.29) is 12.1 Å². The van der Waals surface area contributed by atoms with Gasteiger partial charge in [-0.25, -0.2) is 8.42 Å². The third kappa shape index (κ3) is 2.87.